The van der Waals surface area contributed by atoms with Crippen molar-refractivity contribution in [3.05, 3.63) is 33.8 Å². The van der Waals surface area contributed by atoms with Crippen LogP contribution in [0.2, 0.25) is 5.02 Å². The highest BCUT2D eigenvalue weighted by molar-refractivity contribution is 6.31. The van der Waals surface area contributed by atoms with Gasteiger partial charge in [-0.3, -0.25) is 4.79 Å². The lowest BCUT2D eigenvalue weighted by molar-refractivity contribution is -0.138. The average molecular weight is 239 g/mol. The van der Waals surface area contributed by atoms with Crippen LogP contribution in [0.1, 0.15) is 42.4 Å². The number of rotatable bonds is 2. The van der Waals surface area contributed by atoms with Gasteiger partial charge in [-0.1, -0.05) is 17.7 Å². The minimum Gasteiger partial charge on any atom is -0.481 e. The van der Waals surface area contributed by atoms with E-state index in [9.17, 15) is 4.79 Å². The van der Waals surface area contributed by atoms with Gasteiger partial charge >= 0.3 is 5.97 Å². The molecule has 0 amide bonds. The lowest BCUT2D eigenvalue weighted by atomic mass is 9.88. The first-order chi connectivity index (χ1) is 7.59. The zero-order valence-corrected chi connectivity index (χ0v) is 10.0. The van der Waals surface area contributed by atoms with Gasteiger partial charge < -0.3 is 5.11 Å². The first kappa shape index (κ1) is 11.5. The largest absolute Gasteiger partial charge is 0.481 e. The van der Waals surface area contributed by atoms with Gasteiger partial charge in [-0.15, -0.1) is 0 Å². The second-order valence-corrected chi connectivity index (χ2v) is 4.81. The molecule has 0 fully saturated rings. The highest BCUT2D eigenvalue weighted by Gasteiger charge is 2.19. The zero-order chi connectivity index (χ0) is 11.7. The molecule has 3 heteroatoms. The fourth-order valence-electron chi connectivity index (χ4n) is 2.23. The molecule has 0 bridgehead atoms. The van der Waals surface area contributed by atoms with Crippen LogP contribution in [-0.4, -0.2) is 11.1 Å². The van der Waals surface area contributed by atoms with Gasteiger partial charge in [0.25, 0.3) is 0 Å². The summed E-state index contributed by atoms with van der Waals surface area (Å²) < 4.78 is 0. The smallest absolute Gasteiger partial charge is 0.310 e. The molecule has 1 aliphatic rings. The quantitative estimate of drug-likeness (QED) is 0.857. The Morgan fingerprint density at radius 2 is 2.06 bits per heavy atom. The molecular weight excluding hydrogens is 224 g/mol. The van der Waals surface area contributed by atoms with Crippen LogP contribution in [0.15, 0.2) is 12.1 Å². The van der Waals surface area contributed by atoms with Gasteiger partial charge in [0.1, 0.15) is 0 Å². The van der Waals surface area contributed by atoms with Crippen LogP contribution in [0, 0.1) is 0 Å². The molecule has 0 spiro atoms. The Balaban J connectivity index is 2.42. The number of fused-ring (bicyclic) bond motifs is 1. The normalized spacial score (nSPS) is 16.6. The van der Waals surface area contributed by atoms with Gasteiger partial charge in [-0.05, 0) is 55.4 Å². The van der Waals surface area contributed by atoms with Crippen molar-refractivity contribution in [2.24, 2.45) is 0 Å². The summed E-state index contributed by atoms with van der Waals surface area (Å²) in [6.07, 6.45) is 4.40. The van der Waals surface area contributed by atoms with E-state index in [1.807, 2.05) is 12.1 Å². The van der Waals surface area contributed by atoms with Crippen LogP contribution in [-0.2, 0) is 17.6 Å². The Bertz CT molecular complexity index is 426. The summed E-state index contributed by atoms with van der Waals surface area (Å²) in [4.78, 5) is 10.9. The summed E-state index contributed by atoms with van der Waals surface area (Å²) in [7, 11) is 0. The third-order valence-corrected chi connectivity index (χ3v) is 3.64. The summed E-state index contributed by atoms with van der Waals surface area (Å²) in [6, 6.07) is 3.82. The predicted molar refractivity (Wildman–Crippen MR) is 64.1 cm³/mol. The molecule has 1 aromatic rings. The van der Waals surface area contributed by atoms with Crippen molar-refractivity contribution in [3.63, 3.8) is 0 Å². The average Bonchev–Trinajstić information content (AvgIpc) is 2.28. The van der Waals surface area contributed by atoms with E-state index in [1.54, 1.807) is 6.92 Å². The summed E-state index contributed by atoms with van der Waals surface area (Å²) in [5.41, 5.74) is 3.27. The van der Waals surface area contributed by atoms with Gasteiger partial charge in [0, 0.05) is 5.02 Å². The summed E-state index contributed by atoms with van der Waals surface area (Å²) >= 11 is 6.20. The van der Waals surface area contributed by atoms with Gasteiger partial charge in [-0.25, -0.2) is 0 Å². The number of carbonyl (C=O) groups is 1. The third kappa shape index (κ3) is 2.07. The number of hydrogen-bond donors (Lipinski definition) is 1. The molecule has 0 radical (unpaired) electrons. The molecule has 0 aliphatic heterocycles. The maximum atomic E-state index is 10.9. The van der Waals surface area contributed by atoms with Crippen LogP contribution in [0.4, 0.5) is 0 Å². The number of carboxylic acid groups (broad SMARTS) is 1. The van der Waals surface area contributed by atoms with Gasteiger partial charge in [0.05, 0.1) is 5.92 Å². The van der Waals surface area contributed by atoms with Crippen molar-refractivity contribution < 1.29 is 9.90 Å². The number of aryl methyl sites for hydroxylation is 1. The Labute approximate surface area is 100 Å². The van der Waals surface area contributed by atoms with E-state index in [4.69, 9.17) is 16.7 Å². The fraction of sp³-hybridized carbons (Fsp3) is 0.462. The van der Waals surface area contributed by atoms with E-state index in [0.717, 1.165) is 23.4 Å². The Hall–Kier alpha value is -1.02. The summed E-state index contributed by atoms with van der Waals surface area (Å²) in [5.74, 6) is -1.28. The molecular formula is C13H15ClO2. The molecule has 1 aliphatic carbocycles. The minimum absolute atomic E-state index is 0.482. The molecule has 1 unspecified atom stereocenters. The molecule has 16 heavy (non-hydrogen) atoms. The molecule has 1 N–H and O–H groups in total. The van der Waals surface area contributed by atoms with Crippen molar-refractivity contribution in [3.8, 4) is 0 Å². The standard InChI is InChI=1S/C13H15ClO2/c1-8(13(15)16)10-6-9-4-2-3-5-11(9)12(14)7-10/h6-8H,2-5H2,1H3,(H,15,16). The molecule has 0 aromatic heterocycles. The van der Waals surface area contributed by atoms with E-state index in [1.165, 1.54) is 24.0 Å². The third-order valence-electron chi connectivity index (χ3n) is 3.30. The Morgan fingerprint density at radius 1 is 1.38 bits per heavy atom. The lowest BCUT2D eigenvalue weighted by Gasteiger charge is -2.19. The van der Waals surface area contributed by atoms with Crippen molar-refractivity contribution in [1.82, 2.24) is 0 Å². The number of carboxylic acids is 1. The van der Waals surface area contributed by atoms with Gasteiger partial charge in [0.2, 0.25) is 0 Å². The maximum absolute atomic E-state index is 10.9. The lowest BCUT2D eigenvalue weighted by Crippen LogP contribution is -2.10. The van der Waals surface area contributed by atoms with Crippen LogP contribution in [0.5, 0.6) is 0 Å². The molecule has 1 aromatic carbocycles. The Kier molecular flexibility index (Phi) is 3.20. The molecule has 86 valence electrons. The number of halogens is 1. The highest BCUT2D eigenvalue weighted by Crippen LogP contribution is 2.31. The predicted octanol–water partition coefficient (Wildman–Crippen LogP) is 3.41. The number of benzene rings is 1. The molecule has 2 nitrogen and oxygen atoms in total. The fourth-order valence-corrected chi connectivity index (χ4v) is 2.57. The van der Waals surface area contributed by atoms with Crippen molar-refractivity contribution in [1.29, 1.82) is 0 Å². The molecule has 0 heterocycles. The van der Waals surface area contributed by atoms with Crippen LogP contribution < -0.4 is 0 Å². The van der Waals surface area contributed by atoms with Crippen LogP contribution >= 0.6 is 11.6 Å². The molecule has 0 saturated heterocycles. The van der Waals surface area contributed by atoms with E-state index < -0.39 is 11.9 Å². The second-order valence-electron chi connectivity index (χ2n) is 4.41. The zero-order valence-electron chi connectivity index (χ0n) is 9.29. The highest BCUT2D eigenvalue weighted by atomic mass is 35.5. The van der Waals surface area contributed by atoms with E-state index in [0.29, 0.717) is 0 Å². The topological polar surface area (TPSA) is 37.3 Å². The van der Waals surface area contributed by atoms with Gasteiger partial charge in [-0.2, -0.15) is 0 Å². The van der Waals surface area contributed by atoms with Crippen LogP contribution in [0.25, 0.3) is 0 Å². The maximum Gasteiger partial charge on any atom is 0.310 e. The number of hydrogen-bond acceptors (Lipinski definition) is 1. The molecule has 2 rings (SSSR count). The Morgan fingerprint density at radius 3 is 2.75 bits per heavy atom. The van der Waals surface area contributed by atoms with Crippen molar-refractivity contribution in [2.75, 3.05) is 0 Å². The number of aliphatic carboxylic acids is 1. The second kappa shape index (κ2) is 4.46. The summed E-state index contributed by atoms with van der Waals surface area (Å²) in [5, 5.41) is 9.72. The van der Waals surface area contributed by atoms with Crippen molar-refractivity contribution >= 4 is 17.6 Å². The minimum atomic E-state index is -0.799. The van der Waals surface area contributed by atoms with E-state index >= 15 is 0 Å². The summed E-state index contributed by atoms with van der Waals surface area (Å²) in [6.45, 7) is 1.70. The molecule has 1 atom stereocenters. The van der Waals surface area contributed by atoms with E-state index in [-0.39, 0.29) is 0 Å². The first-order valence-electron chi connectivity index (χ1n) is 5.63. The van der Waals surface area contributed by atoms with Crippen molar-refractivity contribution in [2.45, 2.75) is 38.5 Å². The first-order valence-corrected chi connectivity index (χ1v) is 6.01. The molecule has 0 saturated carbocycles. The monoisotopic (exact) mass is 238 g/mol. The van der Waals surface area contributed by atoms with Crippen LogP contribution in [0.3, 0.4) is 0 Å². The van der Waals surface area contributed by atoms with E-state index in [2.05, 4.69) is 0 Å². The SMILES string of the molecule is CC(C(=O)O)c1cc(Cl)c2c(c1)CCCC2. The van der Waals surface area contributed by atoms with Gasteiger partial charge in [0.15, 0.2) is 0 Å².